The van der Waals surface area contributed by atoms with Crippen molar-refractivity contribution < 1.29 is 14.4 Å². The third-order valence-electron chi connectivity index (χ3n) is 2.79. The van der Waals surface area contributed by atoms with Crippen LogP contribution in [0.1, 0.15) is 24.8 Å². The van der Waals surface area contributed by atoms with E-state index in [1.807, 2.05) is 0 Å². The molecular formula is C12H12FNO2. The van der Waals surface area contributed by atoms with Crippen molar-refractivity contribution in [3.8, 4) is 0 Å². The first-order valence-corrected chi connectivity index (χ1v) is 5.15. The molecule has 1 aliphatic carbocycles. The topological polar surface area (TPSA) is 49.3 Å². The zero-order chi connectivity index (χ0) is 11.5. The number of halogens is 1. The fraction of sp³-hybridized carbons (Fsp3) is 0.250. The first-order valence-electron chi connectivity index (χ1n) is 5.15. The van der Waals surface area contributed by atoms with Crippen molar-refractivity contribution in [1.29, 1.82) is 0 Å². The Morgan fingerprint density at radius 3 is 2.56 bits per heavy atom. The average Bonchev–Trinajstić information content (AvgIpc) is 2.78. The van der Waals surface area contributed by atoms with Gasteiger partial charge in [0, 0.05) is 5.57 Å². The third-order valence-corrected chi connectivity index (χ3v) is 2.79. The molecule has 0 spiro atoms. The van der Waals surface area contributed by atoms with Crippen LogP contribution in [0.3, 0.4) is 0 Å². The van der Waals surface area contributed by atoms with E-state index in [1.165, 1.54) is 12.1 Å². The standard InChI is InChI=1S/C12H12FNO2/c13-9-6-4-8(5-7-9)10-2-1-3-11(10)12(15)14-16/h4-7,16H,1-3H2,(H,14,15). The molecule has 0 heterocycles. The van der Waals surface area contributed by atoms with E-state index in [4.69, 9.17) is 5.21 Å². The summed E-state index contributed by atoms with van der Waals surface area (Å²) in [5.74, 6) is -0.757. The molecule has 1 aromatic rings. The summed E-state index contributed by atoms with van der Waals surface area (Å²) in [6.45, 7) is 0. The second-order valence-electron chi connectivity index (χ2n) is 3.76. The minimum atomic E-state index is -0.461. The maximum atomic E-state index is 12.8. The number of benzene rings is 1. The van der Waals surface area contributed by atoms with Crippen molar-refractivity contribution in [2.75, 3.05) is 0 Å². The molecule has 0 unspecified atom stereocenters. The zero-order valence-electron chi connectivity index (χ0n) is 8.66. The van der Waals surface area contributed by atoms with E-state index in [1.54, 1.807) is 17.6 Å². The summed E-state index contributed by atoms with van der Waals surface area (Å²) in [5.41, 5.74) is 3.98. The molecule has 0 bridgehead atoms. The summed E-state index contributed by atoms with van der Waals surface area (Å²) in [7, 11) is 0. The van der Waals surface area contributed by atoms with Crippen LogP contribution >= 0.6 is 0 Å². The Hall–Kier alpha value is -1.68. The first-order chi connectivity index (χ1) is 7.72. The van der Waals surface area contributed by atoms with E-state index < -0.39 is 5.91 Å². The minimum absolute atomic E-state index is 0.296. The Morgan fingerprint density at radius 2 is 1.94 bits per heavy atom. The summed E-state index contributed by atoms with van der Waals surface area (Å²) >= 11 is 0. The molecular weight excluding hydrogens is 209 g/mol. The highest BCUT2D eigenvalue weighted by molar-refractivity contribution is 6.01. The molecule has 0 atom stereocenters. The van der Waals surface area contributed by atoms with Crippen LogP contribution in [0.5, 0.6) is 0 Å². The van der Waals surface area contributed by atoms with E-state index in [0.717, 1.165) is 24.0 Å². The molecule has 0 aromatic heterocycles. The monoisotopic (exact) mass is 221 g/mol. The van der Waals surface area contributed by atoms with Gasteiger partial charge in [-0.3, -0.25) is 10.0 Å². The molecule has 0 fully saturated rings. The van der Waals surface area contributed by atoms with Crippen molar-refractivity contribution in [2.24, 2.45) is 0 Å². The van der Waals surface area contributed by atoms with Crippen molar-refractivity contribution in [1.82, 2.24) is 5.48 Å². The number of carbonyl (C=O) groups excluding carboxylic acids is 1. The molecule has 1 aliphatic rings. The molecule has 84 valence electrons. The molecule has 0 saturated heterocycles. The molecule has 1 aromatic carbocycles. The Bertz CT molecular complexity index is 437. The van der Waals surface area contributed by atoms with Gasteiger partial charge in [-0.15, -0.1) is 0 Å². The number of rotatable bonds is 2. The van der Waals surface area contributed by atoms with Gasteiger partial charge in [0.25, 0.3) is 5.91 Å². The number of carbonyl (C=O) groups is 1. The van der Waals surface area contributed by atoms with Gasteiger partial charge in [0.15, 0.2) is 0 Å². The number of hydrogen-bond acceptors (Lipinski definition) is 2. The van der Waals surface area contributed by atoms with Gasteiger partial charge in [-0.1, -0.05) is 12.1 Å². The largest absolute Gasteiger partial charge is 0.288 e. The lowest BCUT2D eigenvalue weighted by Crippen LogP contribution is -2.20. The lowest BCUT2D eigenvalue weighted by atomic mass is 10.0. The fourth-order valence-corrected chi connectivity index (χ4v) is 2.03. The summed E-state index contributed by atoms with van der Waals surface area (Å²) in [4.78, 5) is 11.4. The first kappa shape index (κ1) is 10.8. The Kier molecular flexibility index (Phi) is 3.01. The Labute approximate surface area is 92.6 Å². The van der Waals surface area contributed by atoms with Crippen molar-refractivity contribution in [2.45, 2.75) is 19.3 Å². The van der Waals surface area contributed by atoms with Crippen molar-refractivity contribution in [3.63, 3.8) is 0 Å². The normalized spacial score (nSPS) is 15.4. The van der Waals surface area contributed by atoms with E-state index in [9.17, 15) is 9.18 Å². The molecule has 3 nitrogen and oxygen atoms in total. The van der Waals surface area contributed by atoms with E-state index in [0.29, 0.717) is 12.0 Å². The smallest absolute Gasteiger partial charge is 0.270 e. The van der Waals surface area contributed by atoms with Gasteiger partial charge in [-0.2, -0.15) is 0 Å². The van der Waals surface area contributed by atoms with Crippen molar-refractivity contribution >= 4 is 11.5 Å². The SMILES string of the molecule is O=C(NO)C1=C(c2ccc(F)cc2)CCC1. The molecule has 2 N–H and O–H groups in total. The van der Waals surface area contributed by atoms with Crippen LogP contribution < -0.4 is 5.48 Å². The molecule has 1 amide bonds. The van der Waals surface area contributed by atoms with Crippen LogP contribution in [0.2, 0.25) is 0 Å². The predicted molar refractivity (Wildman–Crippen MR) is 57.1 cm³/mol. The van der Waals surface area contributed by atoms with Gasteiger partial charge in [0.05, 0.1) is 0 Å². The summed E-state index contributed by atoms with van der Waals surface area (Å²) < 4.78 is 12.8. The number of amides is 1. The lowest BCUT2D eigenvalue weighted by Gasteiger charge is -2.05. The van der Waals surface area contributed by atoms with Gasteiger partial charge in [-0.25, -0.2) is 9.87 Å². The van der Waals surface area contributed by atoms with E-state index in [-0.39, 0.29) is 5.82 Å². The minimum Gasteiger partial charge on any atom is -0.288 e. The highest BCUT2D eigenvalue weighted by atomic mass is 19.1. The predicted octanol–water partition coefficient (Wildman–Crippen LogP) is 2.27. The second kappa shape index (κ2) is 4.45. The van der Waals surface area contributed by atoms with Crippen LogP contribution in [0.25, 0.3) is 5.57 Å². The maximum absolute atomic E-state index is 12.8. The number of hydroxylamine groups is 1. The van der Waals surface area contributed by atoms with Crippen LogP contribution in [0.15, 0.2) is 29.8 Å². The third kappa shape index (κ3) is 1.97. The lowest BCUT2D eigenvalue weighted by molar-refractivity contribution is -0.125. The highest BCUT2D eigenvalue weighted by Gasteiger charge is 2.21. The molecule has 0 saturated carbocycles. The Morgan fingerprint density at radius 1 is 1.25 bits per heavy atom. The summed E-state index contributed by atoms with van der Waals surface area (Å²) in [5, 5.41) is 8.61. The molecule has 16 heavy (non-hydrogen) atoms. The van der Waals surface area contributed by atoms with Crippen LogP contribution in [-0.2, 0) is 4.79 Å². The maximum Gasteiger partial charge on any atom is 0.270 e. The summed E-state index contributed by atoms with van der Waals surface area (Å²) in [6.07, 6.45) is 2.32. The Balaban J connectivity index is 2.38. The molecule has 0 aliphatic heterocycles. The highest BCUT2D eigenvalue weighted by Crippen LogP contribution is 2.33. The number of allylic oxidation sites excluding steroid dienone is 1. The van der Waals surface area contributed by atoms with Crippen LogP contribution in [0.4, 0.5) is 4.39 Å². The molecule has 4 heteroatoms. The van der Waals surface area contributed by atoms with Crippen LogP contribution in [0, 0.1) is 5.82 Å². The van der Waals surface area contributed by atoms with Crippen molar-refractivity contribution in [3.05, 3.63) is 41.2 Å². The summed E-state index contributed by atoms with van der Waals surface area (Å²) in [6, 6.07) is 6.05. The fourth-order valence-electron chi connectivity index (χ4n) is 2.03. The van der Waals surface area contributed by atoms with E-state index >= 15 is 0 Å². The number of nitrogens with one attached hydrogen (secondary N) is 1. The second-order valence-corrected chi connectivity index (χ2v) is 3.76. The quantitative estimate of drug-likeness (QED) is 0.594. The molecule has 0 radical (unpaired) electrons. The van der Waals surface area contributed by atoms with Gasteiger partial charge in [0.2, 0.25) is 0 Å². The van der Waals surface area contributed by atoms with Gasteiger partial charge in [0.1, 0.15) is 5.82 Å². The zero-order valence-corrected chi connectivity index (χ0v) is 8.66. The van der Waals surface area contributed by atoms with E-state index in [2.05, 4.69) is 0 Å². The van der Waals surface area contributed by atoms with Gasteiger partial charge in [-0.05, 0) is 42.5 Å². The van der Waals surface area contributed by atoms with Gasteiger partial charge < -0.3 is 0 Å². The van der Waals surface area contributed by atoms with Crippen LogP contribution in [-0.4, -0.2) is 11.1 Å². The van der Waals surface area contributed by atoms with Gasteiger partial charge >= 0.3 is 0 Å². The number of hydrogen-bond donors (Lipinski definition) is 2. The molecule has 2 rings (SSSR count). The average molecular weight is 221 g/mol.